The zero-order chi connectivity index (χ0) is 31.1. The molecule has 0 radical (unpaired) electrons. The van der Waals surface area contributed by atoms with E-state index in [4.69, 9.17) is 9.40 Å². The molecular weight excluding hydrogens is 566 g/mol. The van der Waals surface area contributed by atoms with Gasteiger partial charge in [0.05, 0.1) is 17.0 Å². The van der Waals surface area contributed by atoms with Crippen molar-refractivity contribution in [1.82, 2.24) is 24.8 Å². The third kappa shape index (κ3) is 5.24. The predicted molar refractivity (Wildman–Crippen MR) is 171 cm³/mol. The molecule has 4 heterocycles. The van der Waals surface area contributed by atoms with Crippen LogP contribution in [0.15, 0.2) is 77.6 Å². The van der Waals surface area contributed by atoms with Crippen LogP contribution in [0.25, 0.3) is 44.7 Å². The van der Waals surface area contributed by atoms with Gasteiger partial charge in [0.25, 0.3) is 0 Å². The number of likely N-dealkylation sites (tertiary alicyclic amines) is 1. The highest BCUT2D eigenvalue weighted by Gasteiger charge is 2.28. The molecule has 3 aromatic carbocycles. The summed E-state index contributed by atoms with van der Waals surface area (Å²) in [6, 6.07) is 21.9. The number of anilines is 2. The van der Waals surface area contributed by atoms with Gasteiger partial charge in [0.1, 0.15) is 23.4 Å². The summed E-state index contributed by atoms with van der Waals surface area (Å²) >= 11 is 0. The highest BCUT2D eigenvalue weighted by atomic mass is 16.4. The molecule has 3 aromatic heterocycles. The number of hydrogen-bond acceptors (Lipinski definition) is 9. The normalized spacial score (nSPS) is 15.0. The first-order valence-corrected chi connectivity index (χ1v) is 14.7. The minimum absolute atomic E-state index is 0.359. The number of carboxylic acids is 1. The maximum absolute atomic E-state index is 11.4. The first-order chi connectivity index (χ1) is 21.9. The topological polar surface area (TPSA) is 141 Å². The average molecular weight is 596 g/mol. The van der Waals surface area contributed by atoms with Gasteiger partial charge in [-0.2, -0.15) is 5.26 Å². The van der Waals surface area contributed by atoms with Crippen LogP contribution in [-0.2, 0) is 11.3 Å². The lowest BCUT2D eigenvalue weighted by atomic mass is 9.93. The lowest BCUT2D eigenvalue weighted by Gasteiger charge is -2.16. The van der Waals surface area contributed by atoms with E-state index < -0.39 is 5.97 Å². The van der Waals surface area contributed by atoms with Crippen molar-refractivity contribution in [3.63, 3.8) is 0 Å². The molecule has 0 unspecified atom stereocenters. The number of rotatable bonds is 7. The zero-order valence-electron chi connectivity index (χ0n) is 24.8. The highest BCUT2D eigenvalue weighted by molar-refractivity contribution is 5.89. The van der Waals surface area contributed by atoms with Crippen LogP contribution in [-0.4, -0.2) is 49.0 Å². The summed E-state index contributed by atoms with van der Waals surface area (Å²) in [4.78, 5) is 31.6. The van der Waals surface area contributed by atoms with Crippen LogP contribution in [0, 0.1) is 31.1 Å². The van der Waals surface area contributed by atoms with Gasteiger partial charge in [0.15, 0.2) is 11.4 Å². The van der Waals surface area contributed by atoms with Crippen molar-refractivity contribution in [2.24, 2.45) is 5.92 Å². The summed E-state index contributed by atoms with van der Waals surface area (Å²) in [5.41, 5.74) is 9.68. The third-order valence-electron chi connectivity index (χ3n) is 8.53. The number of fused-ring (bicyclic) bond motifs is 2. The summed E-state index contributed by atoms with van der Waals surface area (Å²) in [7, 11) is 0. The Morgan fingerprint density at radius 2 is 1.82 bits per heavy atom. The van der Waals surface area contributed by atoms with Gasteiger partial charge in [-0.25, -0.2) is 15.0 Å². The van der Waals surface area contributed by atoms with Crippen molar-refractivity contribution >= 4 is 39.6 Å². The van der Waals surface area contributed by atoms with E-state index >= 15 is 0 Å². The van der Waals surface area contributed by atoms with Crippen molar-refractivity contribution in [3.05, 3.63) is 95.4 Å². The van der Waals surface area contributed by atoms with Gasteiger partial charge in [-0.3, -0.25) is 14.7 Å². The third-order valence-corrected chi connectivity index (χ3v) is 8.53. The van der Waals surface area contributed by atoms with Crippen LogP contribution in [0.5, 0.6) is 0 Å². The van der Waals surface area contributed by atoms with E-state index in [0.717, 1.165) is 44.6 Å². The smallest absolute Gasteiger partial charge is 0.307 e. The molecule has 1 saturated heterocycles. The van der Waals surface area contributed by atoms with Crippen LogP contribution in [0.2, 0.25) is 0 Å². The molecule has 0 spiro atoms. The number of carboxylic acid groups (broad SMARTS) is 1. The molecule has 10 nitrogen and oxygen atoms in total. The van der Waals surface area contributed by atoms with Gasteiger partial charge in [0.2, 0.25) is 5.89 Å². The molecule has 45 heavy (non-hydrogen) atoms. The number of oxazole rings is 1. The molecule has 6 aromatic rings. The van der Waals surface area contributed by atoms with Gasteiger partial charge in [-0.15, -0.1) is 0 Å². The van der Waals surface area contributed by atoms with Crippen molar-refractivity contribution in [1.29, 1.82) is 5.26 Å². The molecule has 1 atom stereocenters. The fraction of sp³-hybridized carbons (Fsp3) is 0.200. The molecule has 0 amide bonds. The van der Waals surface area contributed by atoms with E-state index in [1.54, 1.807) is 6.20 Å². The fourth-order valence-electron chi connectivity index (χ4n) is 6.15. The quantitative estimate of drug-likeness (QED) is 0.206. The van der Waals surface area contributed by atoms with Crippen molar-refractivity contribution in [2.75, 3.05) is 18.4 Å². The van der Waals surface area contributed by atoms with Crippen LogP contribution in [0.4, 0.5) is 11.5 Å². The Labute approximate surface area is 259 Å². The van der Waals surface area contributed by atoms with Gasteiger partial charge in [0, 0.05) is 30.5 Å². The second kappa shape index (κ2) is 11.4. The van der Waals surface area contributed by atoms with Crippen LogP contribution < -0.4 is 5.32 Å². The van der Waals surface area contributed by atoms with Crippen molar-refractivity contribution in [2.45, 2.75) is 26.8 Å². The first-order valence-electron chi connectivity index (χ1n) is 14.7. The Bertz CT molecular complexity index is 2140. The van der Waals surface area contributed by atoms with E-state index in [0.29, 0.717) is 59.9 Å². The summed E-state index contributed by atoms with van der Waals surface area (Å²) in [6.45, 7) is 5.86. The van der Waals surface area contributed by atoms with Crippen molar-refractivity contribution in [3.8, 4) is 28.7 Å². The average Bonchev–Trinajstić information content (AvgIpc) is 3.70. The SMILES string of the molecule is Cc1c(Nc2ncnc3cccnc23)cccc1-c1cccc(-c2nc3cc(CN4CC[C@@H](C(=O)O)C4)cc(C#N)c3o2)c1C. The monoisotopic (exact) mass is 595 g/mol. The van der Waals surface area contributed by atoms with Gasteiger partial charge < -0.3 is 14.8 Å². The number of hydrogen-bond donors (Lipinski definition) is 2. The van der Waals surface area contributed by atoms with E-state index in [2.05, 4.69) is 50.3 Å². The predicted octanol–water partition coefficient (Wildman–Crippen LogP) is 6.64. The van der Waals surface area contributed by atoms with E-state index in [1.165, 1.54) is 6.33 Å². The molecule has 10 heteroatoms. The molecule has 0 bridgehead atoms. The van der Waals surface area contributed by atoms with Crippen molar-refractivity contribution < 1.29 is 14.3 Å². The summed E-state index contributed by atoms with van der Waals surface area (Å²) in [6.07, 6.45) is 3.88. The Hall–Kier alpha value is -5.66. The minimum atomic E-state index is -0.765. The second-order valence-corrected chi connectivity index (χ2v) is 11.4. The van der Waals surface area contributed by atoms with E-state index in [1.807, 2.05) is 55.5 Å². The number of carbonyl (C=O) groups is 1. The number of pyridine rings is 1. The molecular formula is C35H29N7O3. The number of nitrogens with one attached hydrogen (secondary N) is 1. The Morgan fingerprint density at radius 3 is 2.62 bits per heavy atom. The van der Waals surface area contributed by atoms with E-state index in [-0.39, 0.29) is 5.92 Å². The first kappa shape index (κ1) is 28.1. The fourth-order valence-corrected chi connectivity index (χ4v) is 6.15. The zero-order valence-corrected chi connectivity index (χ0v) is 24.8. The molecule has 0 saturated carbocycles. The van der Waals surface area contributed by atoms with Crippen LogP contribution in [0.1, 0.15) is 28.7 Å². The maximum atomic E-state index is 11.4. The summed E-state index contributed by atoms with van der Waals surface area (Å²) in [5, 5.41) is 22.8. The molecule has 1 fully saturated rings. The lowest BCUT2D eigenvalue weighted by Crippen LogP contribution is -2.22. The number of nitriles is 1. The lowest BCUT2D eigenvalue weighted by molar-refractivity contribution is -0.141. The maximum Gasteiger partial charge on any atom is 0.307 e. The van der Waals surface area contributed by atoms with Crippen LogP contribution in [0.3, 0.4) is 0 Å². The van der Waals surface area contributed by atoms with Gasteiger partial charge in [-0.05, 0) is 91.0 Å². The largest absolute Gasteiger partial charge is 0.481 e. The molecule has 1 aliphatic heterocycles. The molecule has 222 valence electrons. The van der Waals surface area contributed by atoms with Crippen LogP contribution >= 0.6 is 0 Å². The number of aromatic nitrogens is 4. The van der Waals surface area contributed by atoms with E-state index in [9.17, 15) is 15.2 Å². The number of nitrogens with zero attached hydrogens (tertiary/aromatic N) is 6. The molecule has 2 N–H and O–H groups in total. The highest BCUT2D eigenvalue weighted by Crippen LogP contribution is 2.37. The summed E-state index contributed by atoms with van der Waals surface area (Å²) in [5.74, 6) is -0.0471. The molecule has 0 aliphatic carbocycles. The minimum Gasteiger partial charge on any atom is -0.481 e. The summed E-state index contributed by atoms with van der Waals surface area (Å²) < 4.78 is 6.24. The molecule has 1 aliphatic rings. The number of aliphatic carboxylic acids is 1. The molecule has 7 rings (SSSR count). The van der Waals surface area contributed by atoms with Gasteiger partial charge >= 0.3 is 5.97 Å². The second-order valence-electron chi connectivity index (χ2n) is 11.4. The standard InChI is InChI=1S/C35H29N7O3/c1-20-25(26-7-4-9-28(21(26)2)40-33-31-29(38-19-39-33)10-5-12-37-31)6-3-8-27(20)34-41-30-15-22(14-24(16-36)32(30)45-34)17-42-13-11-23(18-42)35(43)44/h3-10,12,14-15,19,23H,11,13,17-18H2,1-2H3,(H,43,44)(H,38,39,40)/t23-/m1/s1. The Balaban J connectivity index is 1.22. The Kier molecular flexibility index (Phi) is 7.16. The number of benzene rings is 3. The Morgan fingerprint density at radius 1 is 1.02 bits per heavy atom. The van der Waals surface area contributed by atoms with Gasteiger partial charge in [-0.1, -0.05) is 24.3 Å².